The molecule has 3 aromatic rings. The standard InChI is InChI=1S/C29H29N5O9S/c1-16-11-24(26(42-4)15-23(16)32-31-22-8-6-20(43-10-9-35)14-25(22)41-3)33-34-28-27(44(38,39)40)13-18-12-19(30-17(2)36)5-7-21(18)29(28)37/h5-8,11-15,33,35H,9-10H2,1-4H3,(H,30,36)(H,38,39,40)/b32-31+,34-28-. The summed E-state index contributed by atoms with van der Waals surface area (Å²) in [4.78, 5) is 24.0. The molecule has 1 aliphatic rings. The third kappa shape index (κ3) is 7.26. The number of hydrogen-bond acceptors (Lipinski definition) is 12. The molecule has 0 atom stereocenters. The van der Waals surface area contributed by atoms with E-state index >= 15 is 0 Å². The van der Waals surface area contributed by atoms with Crippen molar-refractivity contribution < 1.29 is 41.9 Å². The number of aliphatic hydroxyl groups excluding tert-OH is 1. The van der Waals surface area contributed by atoms with Crippen LogP contribution in [0.15, 0.2) is 68.8 Å². The molecule has 15 heteroatoms. The zero-order valence-corrected chi connectivity index (χ0v) is 24.9. The zero-order chi connectivity index (χ0) is 32.0. The Bertz CT molecular complexity index is 1820. The molecule has 0 saturated heterocycles. The quantitative estimate of drug-likeness (QED) is 0.132. The van der Waals surface area contributed by atoms with E-state index in [0.717, 1.165) is 6.08 Å². The van der Waals surface area contributed by atoms with Gasteiger partial charge in [-0.15, -0.1) is 5.11 Å². The first-order valence-corrected chi connectivity index (χ1v) is 14.4. The van der Waals surface area contributed by atoms with E-state index in [9.17, 15) is 22.6 Å². The number of nitrogens with zero attached hydrogens (tertiary/aromatic N) is 3. The number of amides is 1. The summed E-state index contributed by atoms with van der Waals surface area (Å²) in [5.41, 5.74) is 4.50. The molecule has 0 fully saturated rings. The molecule has 4 rings (SSSR count). The van der Waals surface area contributed by atoms with E-state index in [1.165, 1.54) is 39.3 Å². The number of allylic oxidation sites excluding steroid dienone is 1. The lowest BCUT2D eigenvalue weighted by Crippen LogP contribution is -2.27. The Balaban J connectivity index is 1.65. The summed E-state index contributed by atoms with van der Waals surface area (Å²) < 4.78 is 50.6. The topological polar surface area (TPSA) is 198 Å². The fourth-order valence-corrected chi connectivity index (χ4v) is 4.84. The summed E-state index contributed by atoms with van der Waals surface area (Å²) in [6, 6.07) is 12.4. The van der Waals surface area contributed by atoms with Crippen LogP contribution in [0.5, 0.6) is 17.2 Å². The molecule has 0 spiro atoms. The molecule has 230 valence electrons. The highest BCUT2D eigenvalue weighted by Gasteiger charge is 2.33. The lowest BCUT2D eigenvalue weighted by atomic mass is 9.94. The molecular formula is C29H29N5O9S. The van der Waals surface area contributed by atoms with Crippen LogP contribution in [-0.2, 0) is 14.9 Å². The van der Waals surface area contributed by atoms with Gasteiger partial charge in [0, 0.05) is 30.3 Å². The van der Waals surface area contributed by atoms with Crippen LogP contribution in [-0.4, -0.2) is 62.9 Å². The van der Waals surface area contributed by atoms with Crippen LogP contribution >= 0.6 is 0 Å². The molecule has 0 heterocycles. The minimum absolute atomic E-state index is 0.120. The average Bonchev–Trinajstić information content (AvgIpc) is 2.98. The van der Waals surface area contributed by atoms with E-state index in [4.69, 9.17) is 19.3 Å². The van der Waals surface area contributed by atoms with Crippen molar-refractivity contribution in [2.75, 3.05) is 38.2 Å². The second-order valence-corrected chi connectivity index (χ2v) is 10.7. The molecule has 0 unspecified atom stereocenters. The largest absolute Gasteiger partial charge is 0.494 e. The number of carbonyl (C=O) groups is 2. The van der Waals surface area contributed by atoms with E-state index in [0.29, 0.717) is 34.1 Å². The first-order chi connectivity index (χ1) is 20.9. The fourth-order valence-electron chi connectivity index (χ4n) is 4.18. The Kier molecular flexibility index (Phi) is 9.73. The fraction of sp³-hybridized carbons (Fsp3) is 0.207. The number of ketones is 1. The van der Waals surface area contributed by atoms with Gasteiger partial charge >= 0.3 is 0 Å². The second kappa shape index (κ2) is 13.5. The van der Waals surface area contributed by atoms with Crippen molar-refractivity contribution in [2.24, 2.45) is 15.3 Å². The van der Waals surface area contributed by atoms with Gasteiger partial charge in [-0.2, -0.15) is 18.6 Å². The van der Waals surface area contributed by atoms with Crippen molar-refractivity contribution in [2.45, 2.75) is 13.8 Å². The molecule has 0 aliphatic heterocycles. The summed E-state index contributed by atoms with van der Waals surface area (Å²) >= 11 is 0. The normalized spacial score (nSPS) is 13.8. The van der Waals surface area contributed by atoms with Crippen LogP contribution in [0.3, 0.4) is 0 Å². The van der Waals surface area contributed by atoms with Crippen LogP contribution in [0.25, 0.3) is 6.08 Å². The summed E-state index contributed by atoms with van der Waals surface area (Å²) in [7, 11) is -2.00. The molecular weight excluding hydrogens is 594 g/mol. The number of aryl methyl sites for hydroxylation is 1. The van der Waals surface area contributed by atoms with Crippen molar-refractivity contribution in [3.05, 3.63) is 70.1 Å². The summed E-state index contributed by atoms with van der Waals surface area (Å²) in [6.07, 6.45) is 1.10. The number of aliphatic hydroxyl groups is 1. The zero-order valence-electron chi connectivity index (χ0n) is 24.1. The number of nitrogens with one attached hydrogen (secondary N) is 2. The predicted octanol–water partition coefficient (Wildman–Crippen LogP) is 4.65. The first kappa shape index (κ1) is 31.8. The minimum Gasteiger partial charge on any atom is -0.494 e. The Morgan fingerprint density at radius 1 is 0.977 bits per heavy atom. The number of fused-ring (bicyclic) bond motifs is 1. The molecule has 1 aliphatic carbocycles. The van der Waals surface area contributed by atoms with Crippen molar-refractivity contribution in [1.82, 2.24) is 0 Å². The number of hydrogen-bond donors (Lipinski definition) is 4. The molecule has 0 aromatic heterocycles. The molecule has 0 bridgehead atoms. The van der Waals surface area contributed by atoms with Gasteiger partial charge in [-0.05, 0) is 60.5 Å². The number of rotatable bonds is 11. The number of anilines is 2. The lowest BCUT2D eigenvalue weighted by molar-refractivity contribution is -0.114. The number of hydrazone groups is 1. The molecule has 0 radical (unpaired) electrons. The van der Waals surface area contributed by atoms with Crippen molar-refractivity contribution in [1.29, 1.82) is 0 Å². The van der Waals surface area contributed by atoms with Crippen molar-refractivity contribution in [3.63, 3.8) is 0 Å². The van der Waals surface area contributed by atoms with Crippen molar-refractivity contribution in [3.8, 4) is 17.2 Å². The number of Topliss-reactive ketones (excluding diaryl/α,β-unsaturated/α-hetero) is 1. The third-order valence-electron chi connectivity index (χ3n) is 6.21. The van der Waals surface area contributed by atoms with Gasteiger partial charge in [-0.25, -0.2) is 0 Å². The molecule has 44 heavy (non-hydrogen) atoms. The van der Waals surface area contributed by atoms with Gasteiger partial charge in [-0.3, -0.25) is 19.6 Å². The van der Waals surface area contributed by atoms with E-state index in [2.05, 4.69) is 26.1 Å². The van der Waals surface area contributed by atoms with E-state index < -0.39 is 26.5 Å². The third-order valence-corrected chi connectivity index (χ3v) is 7.08. The monoisotopic (exact) mass is 623 g/mol. The maximum atomic E-state index is 13.3. The number of azo groups is 1. The Labute approximate surface area is 252 Å². The van der Waals surface area contributed by atoms with Gasteiger partial charge in [-0.1, -0.05) is 0 Å². The Morgan fingerprint density at radius 3 is 2.36 bits per heavy atom. The molecule has 14 nitrogen and oxygen atoms in total. The number of benzene rings is 3. The molecule has 3 aromatic carbocycles. The first-order valence-electron chi connectivity index (χ1n) is 13.0. The van der Waals surface area contributed by atoms with E-state index in [-0.39, 0.29) is 41.7 Å². The van der Waals surface area contributed by atoms with E-state index in [1.54, 1.807) is 37.3 Å². The lowest BCUT2D eigenvalue weighted by Gasteiger charge is -2.18. The van der Waals surface area contributed by atoms with Crippen molar-refractivity contribution >= 4 is 56.3 Å². The number of methoxy groups -OCH3 is 2. The van der Waals surface area contributed by atoms with Crippen LogP contribution < -0.4 is 25.0 Å². The van der Waals surface area contributed by atoms with Gasteiger partial charge in [0.25, 0.3) is 10.1 Å². The van der Waals surface area contributed by atoms with Gasteiger partial charge < -0.3 is 24.6 Å². The van der Waals surface area contributed by atoms with Gasteiger partial charge in [0.05, 0.1) is 32.2 Å². The molecule has 0 saturated carbocycles. The minimum atomic E-state index is -4.87. The van der Waals surface area contributed by atoms with Gasteiger partial charge in [0.1, 0.15) is 34.4 Å². The van der Waals surface area contributed by atoms with Crippen LogP contribution in [0, 0.1) is 6.92 Å². The average molecular weight is 624 g/mol. The number of ether oxygens (including phenoxy) is 3. The maximum Gasteiger partial charge on any atom is 0.296 e. The summed E-state index contributed by atoms with van der Waals surface area (Å²) in [5, 5.41) is 24.1. The van der Waals surface area contributed by atoms with Crippen LogP contribution in [0.1, 0.15) is 28.4 Å². The molecule has 1 amide bonds. The van der Waals surface area contributed by atoms with Gasteiger partial charge in [0.15, 0.2) is 5.71 Å². The highest BCUT2D eigenvalue weighted by atomic mass is 32.2. The second-order valence-electron chi connectivity index (χ2n) is 9.31. The number of carbonyl (C=O) groups excluding carboxylic acids is 2. The van der Waals surface area contributed by atoms with E-state index in [1.807, 2.05) is 0 Å². The summed E-state index contributed by atoms with van der Waals surface area (Å²) in [5.74, 6) is 0.0181. The Hall–Kier alpha value is -5.12. The highest BCUT2D eigenvalue weighted by Crippen LogP contribution is 2.37. The SMILES string of the molecule is COc1cc(OCCO)ccc1/N=N/c1cc(OC)c(N/N=C2\C(=O)c3ccc(NC(C)=O)cc3C=C2S(=O)(=O)O)cc1C. The maximum absolute atomic E-state index is 13.3. The summed E-state index contributed by atoms with van der Waals surface area (Å²) in [6.45, 7) is 3.05. The van der Waals surface area contributed by atoms with Crippen LogP contribution in [0.4, 0.5) is 22.7 Å². The Morgan fingerprint density at radius 2 is 1.70 bits per heavy atom. The van der Waals surface area contributed by atoms with Crippen LogP contribution in [0.2, 0.25) is 0 Å². The smallest absolute Gasteiger partial charge is 0.296 e. The highest BCUT2D eigenvalue weighted by molar-refractivity contribution is 7.91. The molecule has 4 N–H and O–H groups in total. The van der Waals surface area contributed by atoms with Gasteiger partial charge in [0.2, 0.25) is 11.7 Å². The predicted molar refractivity (Wildman–Crippen MR) is 163 cm³/mol.